The van der Waals surface area contributed by atoms with Gasteiger partial charge in [0.2, 0.25) is 6.86 Å². The van der Waals surface area contributed by atoms with Gasteiger partial charge >= 0.3 is 0 Å². The van der Waals surface area contributed by atoms with Crippen LogP contribution >= 0.6 is 0 Å². The molecule has 0 heterocycles. The maximum Gasteiger partial charge on any atom is 0.228 e. The molecule has 0 saturated heterocycles. The first-order valence-electron chi connectivity index (χ1n) is 3.64. The Morgan fingerprint density at radius 2 is 2.23 bits per heavy atom. The summed E-state index contributed by atoms with van der Waals surface area (Å²) in [5, 5.41) is 0. The molecule has 70 valence electrons. The highest BCUT2D eigenvalue weighted by Gasteiger charge is 2.08. The van der Waals surface area contributed by atoms with Gasteiger partial charge in [0.05, 0.1) is 5.56 Å². The van der Waals surface area contributed by atoms with Gasteiger partial charge in [-0.3, -0.25) is 4.79 Å². The van der Waals surface area contributed by atoms with E-state index in [2.05, 4.69) is 4.74 Å². The van der Waals surface area contributed by atoms with Gasteiger partial charge in [0.25, 0.3) is 0 Å². The van der Waals surface area contributed by atoms with E-state index in [1.165, 1.54) is 19.1 Å². The molecule has 0 atom stereocenters. The molecule has 1 aromatic rings. The molecule has 0 amide bonds. The standard InChI is InChI=1S/C9H8F2O2/c1-6(12)8-4-7(13-5-10)2-3-9(8)11/h2-4H,5H2,1H3. The van der Waals surface area contributed by atoms with Crippen LogP contribution in [0.1, 0.15) is 17.3 Å². The Morgan fingerprint density at radius 1 is 1.54 bits per heavy atom. The highest BCUT2D eigenvalue weighted by molar-refractivity contribution is 5.94. The Hall–Kier alpha value is -1.45. The Morgan fingerprint density at radius 3 is 2.77 bits per heavy atom. The first kappa shape index (κ1) is 9.64. The Bertz CT molecular complexity index is 323. The van der Waals surface area contributed by atoms with E-state index in [0.717, 1.165) is 6.07 Å². The first-order chi connectivity index (χ1) is 6.15. The number of benzene rings is 1. The van der Waals surface area contributed by atoms with Crippen molar-refractivity contribution in [2.24, 2.45) is 0 Å². The number of carbonyl (C=O) groups excluding carboxylic acids is 1. The van der Waals surface area contributed by atoms with Crippen LogP contribution in [-0.4, -0.2) is 12.6 Å². The third-order valence-corrected chi connectivity index (χ3v) is 1.54. The van der Waals surface area contributed by atoms with E-state index in [4.69, 9.17) is 0 Å². The minimum atomic E-state index is -0.997. The van der Waals surface area contributed by atoms with Gasteiger partial charge in [-0.1, -0.05) is 0 Å². The average Bonchev–Trinajstić information content (AvgIpc) is 2.08. The van der Waals surface area contributed by atoms with Gasteiger partial charge in [0.15, 0.2) is 5.78 Å². The summed E-state index contributed by atoms with van der Waals surface area (Å²) in [7, 11) is 0. The summed E-state index contributed by atoms with van der Waals surface area (Å²) in [5.74, 6) is -0.894. The van der Waals surface area contributed by atoms with Crippen molar-refractivity contribution >= 4 is 5.78 Å². The number of alkyl halides is 1. The van der Waals surface area contributed by atoms with Crippen molar-refractivity contribution in [3.05, 3.63) is 29.6 Å². The first-order valence-corrected chi connectivity index (χ1v) is 3.64. The molecular weight excluding hydrogens is 178 g/mol. The highest BCUT2D eigenvalue weighted by atomic mass is 19.1. The number of ether oxygens (including phenoxy) is 1. The summed E-state index contributed by atoms with van der Waals surface area (Å²) < 4.78 is 29.1. The van der Waals surface area contributed by atoms with Crippen LogP contribution in [0.2, 0.25) is 0 Å². The van der Waals surface area contributed by atoms with Gasteiger partial charge in [-0.25, -0.2) is 8.78 Å². The van der Waals surface area contributed by atoms with Crippen LogP contribution in [-0.2, 0) is 0 Å². The fraction of sp³-hybridized carbons (Fsp3) is 0.222. The lowest BCUT2D eigenvalue weighted by molar-refractivity contribution is 0.101. The van der Waals surface area contributed by atoms with Gasteiger partial charge in [0, 0.05) is 0 Å². The van der Waals surface area contributed by atoms with Crippen molar-refractivity contribution in [3.8, 4) is 5.75 Å². The molecule has 1 aromatic carbocycles. The topological polar surface area (TPSA) is 26.3 Å². The van der Waals surface area contributed by atoms with Gasteiger partial charge < -0.3 is 4.74 Å². The Kier molecular flexibility index (Phi) is 2.95. The van der Waals surface area contributed by atoms with Gasteiger partial charge in [-0.15, -0.1) is 0 Å². The van der Waals surface area contributed by atoms with E-state index in [0.29, 0.717) is 0 Å². The molecular formula is C9H8F2O2. The fourth-order valence-electron chi connectivity index (χ4n) is 0.927. The number of hydrogen-bond donors (Lipinski definition) is 0. The number of hydrogen-bond acceptors (Lipinski definition) is 2. The smallest absolute Gasteiger partial charge is 0.228 e. The number of halogens is 2. The fourth-order valence-corrected chi connectivity index (χ4v) is 0.927. The maximum atomic E-state index is 12.9. The second-order valence-electron chi connectivity index (χ2n) is 2.45. The van der Waals surface area contributed by atoms with Crippen molar-refractivity contribution in [1.29, 1.82) is 0 Å². The van der Waals surface area contributed by atoms with Crippen molar-refractivity contribution in [3.63, 3.8) is 0 Å². The molecule has 1 rings (SSSR count). The van der Waals surface area contributed by atoms with E-state index < -0.39 is 18.5 Å². The maximum absolute atomic E-state index is 12.9. The zero-order valence-electron chi connectivity index (χ0n) is 7.01. The Balaban J connectivity index is 3.04. The summed E-state index contributed by atoms with van der Waals surface area (Å²) in [6.45, 7) is 0.237. The van der Waals surface area contributed by atoms with E-state index in [-0.39, 0.29) is 11.3 Å². The Labute approximate surface area is 74.1 Å². The lowest BCUT2D eigenvalue weighted by atomic mass is 10.1. The molecule has 0 aromatic heterocycles. The predicted molar refractivity (Wildman–Crippen MR) is 43.0 cm³/mol. The van der Waals surface area contributed by atoms with E-state index >= 15 is 0 Å². The SMILES string of the molecule is CC(=O)c1cc(OCF)ccc1F. The molecule has 13 heavy (non-hydrogen) atoms. The molecule has 0 N–H and O–H groups in total. The zero-order valence-corrected chi connectivity index (χ0v) is 7.01. The number of carbonyl (C=O) groups is 1. The molecule has 0 aliphatic carbocycles. The van der Waals surface area contributed by atoms with Gasteiger partial charge in [-0.05, 0) is 25.1 Å². The number of rotatable bonds is 3. The van der Waals surface area contributed by atoms with E-state index in [1.807, 2.05) is 0 Å². The summed E-state index contributed by atoms with van der Waals surface area (Å²) in [5.41, 5.74) is -0.0917. The van der Waals surface area contributed by atoms with Crippen molar-refractivity contribution < 1.29 is 18.3 Å². The van der Waals surface area contributed by atoms with Crippen LogP contribution in [0.5, 0.6) is 5.75 Å². The zero-order chi connectivity index (χ0) is 9.84. The van der Waals surface area contributed by atoms with E-state index in [1.54, 1.807) is 0 Å². The lowest BCUT2D eigenvalue weighted by Crippen LogP contribution is -1.98. The van der Waals surface area contributed by atoms with E-state index in [9.17, 15) is 13.6 Å². The quantitative estimate of drug-likeness (QED) is 0.677. The number of ketones is 1. The summed E-state index contributed by atoms with van der Waals surface area (Å²) in [4.78, 5) is 10.8. The molecule has 0 radical (unpaired) electrons. The summed E-state index contributed by atoms with van der Waals surface area (Å²) >= 11 is 0. The van der Waals surface area contributed by atoms with Gasteiger partial charge in [-0.2, -0.15) is 0 Å². The molecule has 0 fully saturated rings. The lowest BCUT2D eigenvalue weighted by Gasteiger charge is -2.03. The second-order valence-corrected chi connectivity index (χ2v) is 2.45. The van der Waals surface area contributed by atoms with Crippen LogP contribution in [0.15, 0.2) is 18.2 Å². The average molecular weight is 186 g/mol. The summed E-state index contributed by atoms with van der Waals surface area (Å²) in [6, 6.07) is 3.51. The van der Waals surface area contributed by atoms with Gasteiger partial charge in [0.1, 0.15) is 11.6 Å². The largest absolute Gasteiger partial charge is 0.463 e. The molecule has 0 bridgehead atoms. The van der Waals surface area contributed by atoms with Crippen LogP contribution < -0.4 is 4.74 Å². The summed E-state index contributed by atoms with van der Waals surface area (Å²) in [6.07, 6.45) is 0. The number of Topliss-reactive ketones (excluding diaryl/α,β-unsaturated/α-hetero) is 1. The van der Waals surface area contributed by atoms with Crippen molar-refractivity contribution in [1.82, 2.24) is 0 Å². The van der Waals surface area contributed by atoms with Crippen LogP contribution in [0.25, 0.3) is 0 Å². The second kappa shape index (κ2) is 3.98. The molecule has 2 nitrogen and oxygen atoms in total. The minimum Gasteiger partial charge on any atom is -0.463 e. The monoisotopic (exact) mass is 186 g/mol. The molecule has 0 aliphatic heterocycles. The molecule has 0 aliphatic rings. The molecule has 0 spiro atoms. The molecule has 0 saturated carbocycles. The highest BCUT2D eigenvalue weighted by Crippen LogP contribution is 2.17. The van der Waals surface area contributed by atoms with Crippen LogP contribution in [0.4, 0.5) is 8.78 Å². The predicted octanol–water partition coefficient (Wildman–Crippen LogP) is 2.33. The molecule has 0 unspecified atom stereocenters. The van der Waals surface area contributed by atoms with Crippen LogP contribution in [0, 0.1) is 5.82 Å². The van der Waals surface area contributed by atoms with Crippen molar-refractivity contribution in [2.75, 3.05) is 6.86 Å². The normalized spacial score (nSPS) is 9.77. The van der Waals surface area contributed by atoms with Crippen LogP contribution in [0.3, 0.4) is 0 Å². The minimum absolute atomic E-state index is 0.0917. The van der Waals surface area contributed by atoms with Crippen molar-refractivity contribution in [2.45, 2.75) is 6.92 Å². The third-order valence-electron chi connectivity index (χ3n) is 1.54. The molecule has 4 heteroatoms. The third kappa shape index (κ3) is 2.24.